The van der Waals surface area contributed by atoms with E-state index in [2.05, 4.69) is 9.72 Å². The van der Waals surface area contributed by atoms with Gasteiger partial charge in [0.2, 0.25) is 5.76 Å². The van der Waals surface area contributed by atoms with Gasteiger partial charge in [-0.05, 0) is 43.5 Å². The largest absolute Gasteiger partial charge is 0.463 e. The van der Waals surface area contributed by atoms with Crippen molar-refractivity contribution in [1.29, 1.82) is 0 Å². The van der Waals surface area contributed by atoms with Crippen LogP contribution in [-0.4, -0.2) is 34.9 Å². The van der Waals surface area contributed by atoms with Crippen molar-refractivity contribution in [1.82, 2.24) is 9.55 Å². The number of furan rings is 1. The van der Waals surface area contributed by atoms with Crippen LogP contribution in [0.2, 0.25) is 0 Å². The molecular weight excluding hydrogens is 387 g/mol. The zero-order valence-electron chi connectivity index (χ0n) is 15.4. The Morgan fingerprint density at radius 2 is 1.96 bits per heavy atom. The van der Waals surface area contributed by atoms with E-state index < -0.39 is 11.9 Å². The van der Waals surface area contributed by atoms with E-state index in [-0.39, 0.29) is 23.9 Å². The van der Waals surface area contributed by atoms with Gasteiger partial charge in [0.05, 0.1) is 13.3 Å². The molecule has 1 aromatic carbocycles. The lowest BCUT2D eigenvalue weighted by atomic mass is 10.2. The third kappa shape index (κ3) is 3.94. The minimum atomic E-state index is -0.634. The molecule has 7 nitrogen and oxygen atoms in total. The van der Waals surface area contributed by atoms with E-state index in [1.165, 1.54) is 37.2 Å². The number of hydrogen-bond donors (Lipinski definition) is 0. The van der Waals surface area contributed by atoms with Crippen LogP contribution in [0.1, 0.15) is 32.4 Å². The van der Waals surface area contributed by atoms with Gasteiger partial charge in [-0.15, -0.1) is 0 Å². The lowest BCUT2D eigenvalue weighted by Crippen LogP contribution is -2.11. The average Bonchev–Trinajstić information content (AvgIpc) is 3.29. The molecule has 0 atom stereocenters. The lowest BCUT2D eigenvalue weighted by molar-refractivity contribution is 0.0428. The van der Waals surface area contributed by atoms with Crippen LogP contribution in [0.4, 0.5) is 4.39 Å². The number of aryl methyl sites for hydroxylation is 1. The van der Waals surface area contributed by atoms with Gasteiger partial charge in [-0.2, -0.15) is 0 Å². The molecule has 0 unspecified atom stereocenters. The molecule has 0 saturated carbocycles. The Bertz CT molecular complexity index is 1010. The Kier molecular flexibility index (Phi) is 5.84. The zero-order valence-corrected chi connectivity index (χ0v) is 16.2. The Morgan fingerprint density at radius 3 is 2.61 bits per heavy atom. The molecule has 0 radical (unpaired) electrons. The van der Waals surface area contributed by atoms with Gasteiger partial charge < -0.3 is 13.9 Å². The first-order valence-electron chi connectivity index (χ1n) is 8.17. The molecule has 0 N–H and O–H groups in total. The molecule has 146 valence electrons. The third-order valence-corrected chi connectivity index (χ3v) is 4.54. The summed E-state index contributed by atoms with van der Waals surface area (Å²) in [6, 6.07) is 7.30. The Labute approximate surface area is 164 Å². The van der Waals surface area contributed by atoms with E-state index in [1.54, 1.807) is 29.7 Å². The Balaban J connectivity index is 1.81. The molecule has 3 aromatic rings. The summed E-state index contributed by atoms with van der Waals surface area (Å²) in [4.78, 5) is 28.4. The van der Waals surface area contributed by atoms with Gasteiger partial charge in [-0.25, -0.2) is 19.0 Å². The zero-order chi connectivity index (χ0) is 20.3. The summed E-state index contributed by atoms with van der Waals surface area (Å²) in [7, 11) is 1.25. The summed E-state index contributed by atoms with van der Waals surface area (Å²) >= 11 is 1.34. The van der Waals surface area contributed by atoms with Crippen molar-refractivity contribution in [2.45, 2.75) is 18.7 Å². The van der Waals surface area contributed by atoms with E-state index in [0.717, 1.165) is 0 Å². The number of esters is 2. The topological polar surface area (TPSA) is 83.6 Å². The number of thioether (sulfide) groups is 1. The van der Waals surface area contributed by atoms with Crippen molar-refractivity contribution >= 4 is 23.7 Å². The highest BCUT2D eigenvalue weighted by atomic mass is 32.2. The van der Waals surface area contributed by atoms with Crippen molar-refractivity contribution in [3.63, 3.8) is 0 Å². The van der Waals surface area contributed by atoms with Gasteiger partial charge in [0.15, 0.2) is 10.9 Å². The Hall–Kier alpha value is -3.07. The highest BCUT2D eigenvalue weighted by Crippen LogP contribution is 2.23. The van der Waals surface area contributed by atoms with E-state index in [0.29, 0.717) is 22.2 Å². The molecule has 0 amide bonds. The van der Waals surface area contributed by atoms with E-state index in [4.69, 9.17) is 9.15 Å². The number of carbonyl (C=O) groups excluding carboxylic acids is 2. The van der Waals surface area contributed by atoms with Crippen molar-refractivity contribution in [3.05, 3.63) is 65.1 Å². The molecule has 3 rings (SSSR count). The van der Waals surface area contributed by atoms with Gasteiger partial charge in [-0.3, -0.25) is 4.57 Å². The molecule has 9 heteroatoms. The SMILES string of the molecule is COC(=O)c1oc(COC(=O)c2cnc(SC)n2-c2ccc(F)cc2)cc1C. The molecule has 28 heavy (non-hydrogen) atoms. The minimum Gasteiger partial charge on any atom is -0.463 e. The number of hydrogen-bond acceptors (Lipinski definition) is 7. The maximum Gasteiger partial charge on any atom is 0.374 e. The van der Waals surface area contributed by atoms with Gasteiger partial charge >= 0.3 is 11.9 Å². The molecule has 0 aliphatic carbocycles. The fourth-order valence-corrected chi connectivity index (χ4v) is 3.13. The maximum atomic E-state index is 13.2. The van der Waals surface area contributed by atoms with Crippen LogP contribution in [0, 0.1) is 12.7 Å². The first-order chi connectivity index (χ1) is 13.4. The first kappa shape index (κ1) is 19.7. The third-order valence-electron chi connectivity index (χ3n) is 3.89. The quantitative estimate of drug-likeness (QED) is 0.457. The molecule has 0 fully saturated rings. The average molecular weight is 404 g/mol. The molecule has 0 spiro atoms. The molecule has 0 aliphatic rings. The molecule has 0 aliphatic heterocycles. The van der Waals surface area contributed by atoms with Gasteiger partial charge in [-0.1, -0.05) is 11.8 Å². The second kappa shape index (κ2) is 8.30. The number of nitrogens with zero attached hydrogens (tertiary/aromatic N) is 2. The fraction of sp³-hybridized carbons (Fsp3) is 0.211. The van der Waals surface area contributed by atoms with Crippen LogP contribution in [0.15, 0.2) is 46.1 Å². The Morgan fingerprint density at radius 1 is 1.25 bits per heavy atom. The summed E-state index contributed by atoms with van der Waals surface area (Å²) in [6.45, 7) is 1.52. The number of imidazole rings is 1. The molecule has 2 aromatic heterocycles. The van der Waals surface area contributed by atoms with E-state index in [1.807, 2.05) is 6.26 Å². The van der Waals surface area contributed by atoms with Crippen LogP contribution in [0.25, 0.3) is 5.69 Å². The molecule has 2 heterocycles. The maximum absolute atomic E-state index is 13.2. The van der Waals surface area contributed by atoms with Crippen molar-refractivity contribution in [3.8, 4) is 5.69 Å². The predicted molar refractivity (Wildman–Crippen MR) is 99.2 cm³/mol. The van der Waals surface area contributed by atoms with Gasteiger partial charge in [0, 0.05) is 11.3 Å². The number of carbonyl (C=O) groups is 2. The number of benzene rings is 1. The summed E-state index contributed by atoms with van der Waals surface area (Å²) in [5, 5.41) is 0.556. The van der Waals surface area contributed by atoms with Gasteiger partial charge in [0.25, 0.3) is 0 Å². The number of ether oxygens (including phenoxy) is 2. The van der Waals surface area contributed by atoms with Crippen LogP contribution in [0.5, 0.6) is 0 Å². The normalized spacial score (nSPS) is 10.7. The van der Waals surface area contributed by atoms with E-state index in [9.17, 15) is 14.0 Å². The number of aromatic nitrogens is 2. The minimum absolute atomic E-state index is 0.0644. The fourth-order valence-electron chi connectivity index (χ4n) is 2.59. The number of rotatable bonds is 6. The van der Waals surface area contributed by atoms with Crippen LogP contribution in [-0.2, 0) is 16.1 Å². The predicted octanol–water partition coefficient (Wildman–Crippen LogP) is 3.78. The second-order valence-electron chi connectivity index (χ2n) is 5.73. The molecular formula is C19H17FN2O5S. The second-order valence-corrected chi connectivity index (χ2v) is 6.51. The smallest absolute Gasteiger partial charge is 0.374 e. The van der Waals surface area contributed by atoms with Crippen LogP contribution in [0.3, 0.4) is 0 Å². The summed E-state index contributed by atoms with van der Waals surface area (Å²) in [6.07, 6.45) is 3.21. The summed E-state index contributed by atoms with van der Waals surface area (Å²) in [5.41, 5.74) is 1.35. The van der Waals surface area contributed by atoms with Crippen molar-refractivity contribution in [2.75, 3.05) is 13.4 Å². The lowest BCUT2D eigenvalue weighted by Gasteiger charge is -2.10. The summed E-state index contributed by atoms with van der Waals surface area (Å²) in [5.74, 6) is -1.24. The number of methoxy groups -OCH3 is 1. The molecule has 0 bridgehead atoms. The van der Waals surface area contributed by atoms with Crippen LogP contribution >= 0.6 is 11.8 Å². The highest BCUT2D eigenvalue weighted by Gasteiger charge is 2.21. The van der Waals surface area contributed by atoms with Gasteiger partial charge in [0.1, 0.15) is 18.2 Å². The highest BCUT2D eigenvalue weighted by molar-refractivity contribution is 7.98. The first-order valence-corrected chi connectivity index (χ1v) is 9.39. The summed E-state index contributed by atoms with van der Waals surface area (Å²) < 4.78 is 30.1. The number of halogens is 1. The van der Waals surface area contributed by atoms with Crippen molar-refractivity contribution < 1.29 is 27.9 Å². The monoisotopic (exact) mass is 404 g/mol. The molecule has 0 saturated heterocycles. The van der Waals surface area contributed by atoms with Crippen molar-refractivity contribution in [2.24, 2.45) is 0 Å². The van der Waals surface area contributed by atoms with Crippen LogP contribution < -0.4 is 0 Å². The van der Waals surface area contributed by atoms with E-state index >= 15 is 0 Å². The standard InChI is InChI=1S/C19H17FN2O5S/c1-11-8-14(27-16(11)18(24)25-2)10-26-17(23)15-9-21-19(28-3)22(15)13-6-4-12(20)5-7-13/h4-9H,10H2,1-3H3.